The van der Waals surface area contributed by atoms with Gasteiger partial charge in [0.05, 0.1) is 0 Å². The standard InChI is InChI=1S/C8H7NO6S2/c10-8(11)5-9-16(12,13)6-3-1-2-4-7(6)17(9,14)15/h1-4H,5H2,(H,10,11). The van der Waals surface area contributed by atoms with E-state index in [1.807, 2.05) is 0 Å². The van der Waals surface area contributed by atoms with Gasteiger partial charge in [-0.05, 0) is 12.1 Å². The number of hydrogen-bond donors (Lipinski definition) is 1. The van der Waals surface area contributed by atoms with E-state index in [2.05, 4.69) is 0 Å². The highest BCUT2D eigenvalue weighted by atomic mass is 32.3. The van der Waals surface area contributed by atoms with Crippen LogP contribution in [0, 0.1) is 0 Å². The van der Waals surface area contributed by atoms with Gasteiger partial charge in [0.2, 0.25) is 0 Å². The van der Waals surface area contributed by atoms with Gasteiger partial charge in [0.15, 0.2) is 0 Å². The predicted molar refractivity (Wildman–Crippen MR) is 55.2 cm³/mol. The summed E-state index contributed by atoms with van der Waals surface area (Å²) in [5.74, 6) is -1.54. The van der Waals surface area contributed by atoms with E-state index in [0.29, 0.717) is 0 Å². The first kappa shape index (κ1) is 12.0. The number of carbonyl (C=O) groups is 1. The number of carboxylic acid groups (broad SMARTS) is 1. The molecule has 0 unspecified atom stereocenters. The lowest BCUT2D eigenvalue weighted by molar-refractivity contribution is -0.136. The molecule has 1 N–H and O–H groups in total. The molecule has 0 amide bonds. The third-order valence-electron chi connectivity index (χ3n) is 2.21. The minimum Gasteiger partial charge on any atom is -0.480 e. The highest BCUT2D eigenvalue weighted by Gasteiger charge is 2.47. The molecule has 0 saturated carbocycles. The summed E-state index contributed by atoms with van der Waals surface area (Å²) in [5.41, 5.74) is 0. The minimum absolute atomic E-state index is 0.00694. The quantitative estimate of drug-likeness (QED) is 0.778. The van der Waals surface area contributed by atoms with Crippen molar-refractivity contribution in [2.75, 3.05) is 6.54 Å². The predicted octanol–water partition coefficient (Wildman–Crippen LogP) is -0.536. The van der Waals surface area contributed by atoms with Gasteiger partial charge in [-0.2, -0.15) is 0 Å². The van der Waals surface area contributed by atoms with Crippen molar-refractivity contribution < 1.29 is 26.7 Å². The number of nitrogens with zero attached hydrogens (tertiary/aromatic N) is 1. The molecule has 0 bridgehead atoms. The summed E-state index contributed by atoms with van der Waals surface area (Å²) >= 11 is 0. The van der Waals surface area contributed by atoms with Crippen LogP contribution in [0.1, 0.15) is 0 Å². The Bertz CT molecular complexity index is 637. The Balaban J connectivity index is 2.74. The van der Waals surface area contributed by atoms with Gasteiger partial charge in [-0.1, -0.05) is 15.8 Å². The van der Waals surface area contributed by atoms with Crippen molar-refractivity contribution in [3.8, 4) is 0 Å². The van der Waals surface area contributed by atoms with Crippen molar-refractivity contribution in [2.45, 2.75) is 9.79 Å². The van der Waals surface area contributed by atoms with Crippen molar-refractivity contribution in [3.05, 3.63) is 24.3 Å². The van der Waals surface area contributed by atoms with Crippen molar-refractivity contribution in [1.82, 2.24) is 3.71 Å². The van der Waals surface area contributed by atoms with Crippen LogP contribution in [0.5, 0.6) is 0 Å². The van der Waals surface area contributed by atoms with Crippen LogP contribution >= 0.6 is 0 Å². The van der Waals surface area contributed by atoms with E-state index in [4.69, 9.17) is 5.11 Å². The van der Waals surface area contributed by atoms with E-state index in [1.54, 1.807) is 0 Å². The topological polar surface area (TPSA) is 109 Å². The fourth-order valence-electron chi connectivity index (χ4n) is 1.51. The zero-order valence-corrected chi connectivity index (χ0v) is 9.90. The monoisotopic (exact) mass is 277 g/mol. The number of benzene rings is 1. The van der Waals surface area contributed by atoms with E-state index < -0.39 is 32.6 Å². The van der Waals surface area contributed by atoms with Crippen LogP contribution in [0.25, 0.3) is 0 Å². The van der Waals surface area contributed by atoms with E-state index in [0.717, 1.165) is 12.1 Å². The van der Waals surface area contributed by atoms with Gasteiger partial charge >= 0.3 is 5.97 Å². The molecule has 92 valence electrons. The first-order valence-corrected chi connectivity index (χ1v) is 7.25. The third-order valence-corrected chi connectivity index (χ3v) is 6.67. The summed E-state index contributed by atoms with van der Waals surface area (Å²) < 4.78 is 47.3. The van der Waals surface area contributed by atoms with Gasteiger partial charge in [0.1, 0.15) is 16.3 Å². The molecule has 1 aromatic rings. The summed E-state index contributed by atoms with van der Waals surface area (Å²) in [4.78, 5) is 9.74. The second-order valence-electron chi connectivity index (χ2n) is 3.28. The average molecular weight is 277 g/mol. The van der Waals surface area contributed by atoms with Crippen molar-refractivity contribution in [2.24, 2.45) is 0 Å². The molecule has 0 fully saturated rings. The van der Waals surface area contributed by atoms with Crippen molar-refractivity contribution in [3.63, 3.8) is 0 Å². The molecule has 7 nitrogen and oxygen atoms in total. The maximum Gasteiger partial charge on any atom is 0.320 e. The molecule has 1 heterocycles. The number of carboxylic acids is 1. The van der Waals surface area contributed by atoms with Crippen LogP contribution in [0.3, 0.4) is 0 Å². The lowest BCUT2D eigenvalue weighted by Gasteiger charge is -2.09. The summed E-state index contributed by atoms with van der Waals surface area (Å²) in [6.07, 6.45) is 0. The molecule has 0 atom stereocenters. The Morgan fingerprint density at radius 1 is 1.06 bits per heavy atom. The number of fused-ring (bicyclic) bond motifs is 1. The van der Waals surface area contributed by atoms with Crippen LogP contribution in [-0.4, -0.2) is 38.2 Å². The van der Waals surface area contributed by atoms with Crippen molar-refractivity contribution >= 4 is 26.0 Å². The van der Waals surface area contributed by atoms with Crippen LogP contribution in [0.15, 0.2) is 34.1 Å². The summed E-state index contributed by atoms with van der Waals surface area (Å²) in [6, 6.07) is 5.00. The second kappa shape index (κ2) is 3.52. The van der Waals surface area contributed by atoms with Gasteiger partial charge in [0.25, 0.3) is 20.0 Å². The maximum absolute atomic E-state index is 11.8. The lowest BCUT2D eigenvalue weighted by atomic mass is 10.4. The molecule has 9 heteroatoms. The molecule has 1 aliphatic rings. The van der Waals surface area contributed by atoms with E-state index in [9.17, 15) is 21.6 Å². The number of aliphatic carboxylic acids is 1. The Morgan fingerprint density at radius 2 is 1.47 bits per heavy atom. The van der Waals surface area contributed by atoms with Crippen LogP contribution in [0.2, 0.25) is 0 Å². The van der Waals surface area contributed by atoms with Crippen LogP contribution in [-0.2, 0) is 24.8 Å². The molecule has 2 rings (SSSR count). The summed E-state index contributed by atoms with van der Waals surface area (Å²) in [6.45, 7) is -1.11. The first-order chi connectivity index (χ1) is 7.78. The average Bonchev–Trinajstić information content (AvgIpc) is 2.38. The van der Waals surface area contributed by atoms with Crippen LogP contribution in [0.4, 0.5) is 0 Å². The Morgan fingerprint density at radius 3 is 1.82 bits per heavy atom. The highest BCUT2D eigenvalue weighted by Crippen LogP contribution is 2.35. The Hall–Kier alpha value is -1.45. The maximum atomic E-state index is 11.8. The summed E-state index contributed by atoms with van der Waals surface area (Å²) in [7, 11) is -8.57. The zero-order chi connectivity index (χ0) is 12.8. The van der Waals surface area contributed by atoms with Gasteiger partial charge < -0.3 is 5.11 Å². The van der Waals surface area contributed by atoms with Crippen LogP contribution < -0.4 is 0 Å². The number of sulfonamides is 2. The van der Waals surface area contributed by atoms with E-state index >= 15 is 0 Å². The normalized spacial score (nSPS) is 20.9. The zero-order valence-electron chi connectivity index (χ0n) is 8.27. The smallest absolute Gasteiger partial charge is 0.320 e. The first-order valence-electron chi connectivity index (χ1n) is 4.36. The molecule has 1 aromatic carbocycles. The molecule has 0 radical (unpaired) electrons. The third kappa shape index (κ3) is 1.63. The minimum atomic E-state index is -4.28. The second-order valence-corrected chi connectivity index (χ2v) is 7.17. The Labute approximate surface area is 97.4 Å². The van der Waals surface area contributed by atoms with Gasteiger partial charge in [-0.25, -0.2) is 16.8 Å². The van der Waals surface area contributed by atoms with Gasteiger partial charge in [0, 0.05) is 0 Å². The van der Waals surface area contributed by atoms with Crippen molar-refractivity contribution in [1.29, 1.82) is 0 Å². The Kier molecular flexibility index (Phi) is 2.49. The molecule has 0 aromatic heterocycles. The molecular formula is C8H7NO6S2. The molecule has 0 aliphatic carbocycles. The lowest BCUT2D eigenvalue weighted by Crippen LogP contribution is -2.34. The van der Waals surface area contributed by atoms with E-state index in [1.165, 1.54) is 12.1 Å². The molecule has 0 saturated heterocycles. The fourth-order valence-corrected chi connectivity index (χ4v) is 5.80. The molecule has 1 aliphatic heterocycles. The molecular weight excluding hydrogens is 270 g/mol. The highest BCUT2D eigenvalue weighted by molar-refractivity contribution is 8.06. The van der Waals surface area contributed by atoms with Gasteiger partial charge in [-0.15, -0.1) is 0 Å². The fraction of sp³-hybridized carbons (Fsp3) is 0.125. The van der Waals surface area contributed by atoms with E-state index in [-0.39, 0.29) is 13.5 Å². The SMILES string of the molecule is O=C(O)CN1S(=O)(=O)c2ccccc2S1(=O)=O. The summed E-state index contributed by atoms with van der Waals surface area (Å²) in [5, 5.41) is 8.55. The number of hydrogen-bond acceptors (Lipinski definition) is 5. The molecule has 17 heavy (non-hydrogen) atoms. The largest absolute Gasteiger partial charge is 0.480 e. The van der Waals surface area contributed by atoms with Gasteiger partial charge in [-0.3, -0.25) is 4.79 Å². The number of rotatable bonds is 2. The molecule has 0 spiro atoms.